The van der Waals surface area contributed by atoms with Crippen LogP contribution in [0, 0.1) is 24.1 Å². The van der Waals surface area contributed by atoms with Gasteiger partial charge >= 0.3 is 5.97 Å². The molecule has 0 aliphatic carbocycles. The number of carbonyl (C=O) groups excluding carboxylic acids is 2. The number of hydrogen-bond donors (Lipinski definition) is 1. The molecule has 146 valence electrons. The zero-order valence-corrected chi connectivity index (χ0v) is 15.8. The van der Waals surface area contributed by atoms with Gasteiger partial charge in [0.25, 0.3) is 5.91 Å². The van der Waals surface area contributed by atoms with Gasteiger partial charge in [-0.1, -0.05) is 28.9 Å². The molecule has 0 radical (unpaired) electrons. The molecular formula is C20H13ClFN3O4. The van der Waals surface area contributed by atoms with E-state index in [1.807, 2.05) is 6.07 Å². The minimum atomic E-state index is -0.918. The van der Waals surface area contributed by atoms with Gasteiger partial charge in [-0.2, -0.15) is 5.26 Å². The molecule has 0 unspecified atom stereocenters. The van der Waals surface area contributed by atoms with Crippen molar-refractivity contribution in [1.82, 2.24) is 5.16 Å². The van der Waals surface area contributed by atoms with E-state index >= 15 is 0 Å². The Labute approximate surface area is 169 Å². The average Bonchev–Trinajstić information content (AvgIpc) is 3.07. The molecule has 0 fully saturated rings. The first kappa shape index (κ1) is 20.0. The molecular weight excluding hydrogens is 401 g/mol. The molecule has 0 spiro atoms. The number of hydrogen-bond acceptors (Lipinski definition) is 6. The van der Waals surface area contributed by atoms with Gasteiger partial charge in [0.2, 0.25) is 0 Å². The molecule has 1 aromatic heterocycles. The highest BCUT2D eigenvalue weighted by Crippen LogP contribution is 2.33. The third-order valence-electron chi connectivity index (χ3n) is 3.88. The van der Waals surface area contributed by atoms with Crippen LogP contribution in [0.4, 0.5) is 10.1 Å². The van der Waals surface area contributed by atoms with E-state index in [4.69, 9.17) is 26.1 Å². The van der Waals surface area contributed by atoms with Crippen LogP contribution in [-0.2, 0) is 9.53 Å². The van der Waals surface area contributed by atoms with Crippen molar-refractivity contribution in [3.05, 3.63) is 70.2 Å². The van der Waals surface area contributed by atoms with Gasteiger partial charge in [0, 0.05) is 5.69 Å². The predicted molar refractivity (Wildman–Crippen MR) is 102 cm³/mol. The number of nitrogens with one attached hydrogen (secondary N) is 1. The molecule has 7 nitrogen and oxygen atoms in total. The summed E-state index contributed by atoms with van der Waals surface area (Å²) in [7, 11) is 0. The van der Waals surface area contributed by atoms with E-state index in [-0.39, 0.29) is 27.6 Å². The number of amides is 1. The van der Waals surface area contributed by atoms with Crippen LogP contribution in [-0.4, -0.2) is 23.6 Å². The van der Waals surface area contributed by atoms with Crippen LogP contribution in [0.15, 0.2) is 47.0 Å². The Morgan fingerprint density at radius 3 is 2.79 bits per heavy atom. The molecule has 1 amide bonds. The Balaban J connectivity index is 1.74. The molecule has 0 atom stereocenters. The SMILES string of the molecule is Cc1onc(-c2c(F)cccc2Cl)c1C(=O)OCC(=O)Nc1cccc(C#N)c1. The van der Waals surface area contributed by atoms with Crippen LogP contribution < -0.4 is 5.32 Å². The van der Waals surface area contributed by atoms with Gasteiger partial charge in [-0.3, -0.25) is 4.79 Å². The highest BCUT2D eigenvalue weighted by atomic mass is 35.5. The number of nitriles is 1. The Kier molecular flexibility index (Phi) is 5.90. The second-order valence-electron chi connectivity index (χ2n) is 5.88. The van der Waals surface area contributed by atoms with E-state index in [1.54, 1.807) is 18.2 Å². The van der Waals surface area contributed by atoms with Crippen molar-refractivity contribution in [3.63, 3.8) is 0 Å². The monoisotopic (exact) mass is 413 g/mol. The lowest BCUT2D eigenvalue weighted by Gasteiger charge is -2.08. The van der Waals surface area contributed by atoms with E-state index in [1.165, 1.54) is 31.2 Å². The van der Waals surface area contributed by atoms with E-state index in [9.17, 15) is 14.0 Å². The third kappa shape index (κ3) is 4.42. The standard InChI is InChI=1S/C20H13ClFN3O4/c1-11-17(19(25-29-11)18-14(21)6-3-7-15(18)22)20(27)28-10-16(26)24-13-5-2-4-12(8-13)9-23/h2-8H,10H2,1H3,(H,24,26). The van der Waals surface area contributed by atoms with Gasteiger partial charge in [0.1, 0.15) is 22.8 Å². The predicted octanol–water partition coefficient (Wildman–Crippen LogP) is 4.11. The van der Waals surface area contributed by atoms with Crippen molar-refractivity contribution in [2.45, 2.75) is 6.92 Å². The second-order valence-corrected chi connectivity index (χ2v) is 6.28. The number of esters is 1. The third-order valence-corrected chi connectivity index (χ3v) is 4.19. The number of anilines is 1. The fraction of sp³-hybridized carbons (Fsp3) is 0.100. The number of carbonyl (C=O) groups is 2. The zero-order valence-electron chi connectivity index (χ0n) is 15.0. The summed E-state index contributed by atoms with van der Waals surface area (Å²) in [5.74, 6) is -2.13. The van der Waals surface area contributed by atoms with Gasteiger partial charge in [0.05, 0.1) is 22.2 Å². The first-order chi connectivity index (χ1) is 13.9. The fourth-order valence-electron chi connectivity index (χ4n) is 2.57. The van der Waals surface area contributed by atoms with Crippen LogP contribution in [0.1, 0.15) is 21.7 Å². The molecule has 29 heavy (non-hydrogen) atoms. The summed E-state index contributed by atoms with van der Waals surface area (Å²) in [5, 5.41) is 15.1. The molecule has 0 aliphatic heterocycles. The van der Waals surface area contributed by atoms with E-state index in [2.05, 4.69) is 10.5 Å². The Bertz CT molecular complexity index is 1120. The van der Waals surface area contributed by atoms with Gasteiger partial charge in [-0.05, 0) is 37.3 Å². The number of aromatic nitrogens is 1. The minimum absolute atomic E-state index is 0.0440. The lowest BCUT2D eigenvalue weighted by atomic mass is 10.1. The van der Waals surface area contributed by atoms with E-state index in [0.29, 0.717) is 11.3 Å². The van der Waals surface area contributed by atoms with Crippen LogP contribution in [0.3, 0.4) is 0 Å². The molecule has 2 aromatic carbocycles. The van der Waals surface area contributed by atoms with Crippen LogP contribution >= 0.6 is 11.6 Å². The van der Waals surface area contributed by atoms with E-state index < -0.39 is 24.3 Å². The van der Waals surface area contributed by atoms with Crippen molar-refractivity contribution in [3.8, 4) is 17.3 Å². The molecule has 3 rings (SSSR count). The summed E-state index contributed by atoms with van der Waals surface area (Å²) in [6.07, 6.45) is 0. The largest absolute Gasteiger partial charge is 0.452 e. The molecule has 9 heteroatoms. The average molecular weight is 414 g/mol. The molecule has 1 N–H and O–H groups in total. The summed E-state index contributed by atoms with van der Waals surface area (Å²) in [4.78, 5) is 24.5. The Hall–Kier alpha value is -3.70. The summed E-state index contributed by atoms with van der Waals surface area (Å²) >= 11 is 6.03. The molecule has 0 aliphatic rings. The summed E-state index contributed by atoms with van der Waals surface area (Å²) in [6, 6.07) is 12.2. The van der Waals surface area contributed by atoms with Crippen molar-refractivity contribution in [2.75, 3.05) is 11.9 Å². The Morgan fingerprint density at radius 2 is 2.07 bits per heavy atom. The maximum Gasteiger partial charge on any atom is 0.344 e. The minimum Gasteiger partial charge on any atom is -0.452 e. The summed E-state index contributed by atoms with van der Waals surface area (Å²) in [5.41, 5.74) is 0.404. The number of rotatable bonds is 5. The fourth-order valence-corrected chi connectivity index (χ4v) is 2.83. The second kappa shape index (κ2) is 8.54. The lowest BCUT2D eigenvalue weighted by molar-refractivity contribution is -0.119. The number of halogens is 2. The van der Waals surface area contributed by atoms with Gasteiger partial charge in [0.15, 0.2) is 6.61 Å². The van der Waals surface area contributed by atoms with Crippen molar-refractivity contribution >= 4 is 29.2 Å². The van der Waals surface area contributed by atoms with Gasteiger partial charge in [-0.15, -0.1) is 0 Å². The normalized spacial score (nSPS) is 10.3. The van der Waals surface area contributed by atoms with Crippen LogP contribution in [0.5, 0.6) is 0 Å². The molecule has 0 saturated heterocycles. The molecule has 0 bridgehead atoms. The topological polar surface area (TPSA) is 105 Å². The zero-order chi connectivity index (χ0) is 21.0. The van der Waals surface area contributed by atoms with Crippen molar-refractivity contribution < 1.29 is 23.2 Å². The summed E-state index contributed by atoms with van der Waals surface area (Å²) in [6.45, 7) is 0.847. The highest BCUT2D eigenvalue weighted by molar-refractivity contribution is 6.33. The Morgan fingerprint density at radius 1 is 1.31 bits per heavy atom. The number of nitrogens with zero attached hydrogens (tertiary/aromatic N) is 2. The first-order valence-corrected chi connectivity index (χ1v) is 8.66. The molecule has 3 aromatic rings. The van der Waals surface area contributed by atoms with Crippen LogP contribution in [0.2, 0.25) is 5.02 Å². The van der Waals surface area contributed by atoms with Gasteiger partial charge in [-0.25, -0.2) is 9.18 Å². The maximum atomic E-state index is 14.2. The number of benzene rings is 2. The van der Waals surface area contributed by atoms with Gasteiger partial charge < -0.3 is 14.6 Å². The first-order valence-electron chi connectivity index (χ1n) is 8.28. The summed E-state index contributed by atoms with van der Waals surface area (Å²) < 4.78 is 24.2. The van der Waals surface area contributed by atoms with Crippen molar-refractivity contribution in [2.24, 2.45) is 0 Å². The van der Waals surface area contributed by atoms with Crippen LogP contribution in [0.25, 0.3) is 11.3 Å². The molecule has 0 saturated carbocycles. The molecule has 1 heterocycles. The maximum absolute atomic E-state index is 14.2. The smallest absolute Gasteiger partial charge is 0.344 e. The lowest BCUT2D eigenvalue weighted by Crippen LogP contribution is -2.21. The van der Waals surface area contributed by atoms with Crippen molar-refractivity contribution in [1.29, 1.82) is 5.26 Å². The quantitative estimate of drug-likeness (QED) is 0.631. The number of aryl methyl sites for hydroxylation is 1. The number of ether oxygens (including phenoxy) is 1. The highest BCUT2D eigenvalue weighted by Gasteiger charge is 2.27. The van der Waals surface area contributed by atoms with E-state index in [0.717, 1.165) is 0 Å².